The number of thiocarbonyl (C=S) groups is 1. The summed E-state index contributed by atoms with van der Waals surface area (Å²) in [6.07, 6.45) is -8.85. The minimum Gasteiger partial charge on any atom is -0.478 e. The van der Waals surface area contributed by atoms with Crippen LogP contribution in [0.1, 0.15) is 59.6 Å². The fraction of sp³-hybridized carbons (Fsp3) is 0.533. The number of carbonyl (C=O) groups is 1. The molecule has 25 heavy (non-hydrogen) atoms. The number of carboxylic acid groups (broad SMARTS) is 1. The third-order valence-electron chi connectivity index (χ3n) is 3.28. The second-order valence-electron chi connectivity index (χ2n) is 5.74. The number of nitrogens with zero attached hydrogens (tertiary/aromatic N) is 1. The van der Waals surface area contributed by atoms with Gasteiger partial charge < -0.3 is 10.8 Å². The fourth-order valence-corrected chi connectivity index (χ4v) is 2.76. The fourth-order valence-electron chi connectivity index (χ4n) is 2.43. The Morgan fingerprint density at radius 2 is 1.84 bits per heavy atom. The summed E-state index contributed by atoms with van der Waals surface area (Å²) in [6.45, 7) is 3.17. The Balaban J connectivity index is 4.00. The van der Waals surface area contributed by atoms with Crippen molar-refractivity contribution < 1.29 is 31.9 Å². The topological polar surface area (TPSA) is 76.2 Å². The van der Waals surface area contributed by atoms with Gasteiger partial charge in [-0.25, -0.2) is 18.6 Å². The van der Waals surface area contributed by atoms with Crippen molar-refractivity contribution in [3.8, 4) is 0 Å². The molecule has 0 atom stereocenters. The smallest absolute Gasteiger partial charge is 0.434 e. The highest BCUT2D eigenvalue weighted by Crippen LogP contribution is 2.38. The molecule has 3 N–H and O–H groups in total. The van der Waals surface area contributed by atoms with Crippen LogP contribution in [0.3, 0.4) is 0 Å². The Morgan fingerprint density at radius 1 is 1.28 bits per heavy atom. The maximum Gasteiger partial charge on any atom is 0.434 e. The Morgan fingerprint density at radius 3 is 2.20 bits per heavy atom. The number of pyridine rings is 1. The molecule has 0 amide bonds. The first-order valence-corrected chi connectivity index (χ1v) is 7.71. The number of aromatic carboxylic acids is 1. The zero-order chi connectivity index (χ0) is 19.5. The van der Waals surface area contributed by atoms with Crippen molar-refractivity contribution in [2.45, 2.75) is 39.3 Å². The predicted molar refractivity (Wildman–Crippen MR) is 85.1 cm³/mol. The van der Waals surface area contributed by atoms with Gasteiger partial charge in [-0.2, -0.15) is 13.2 Å². The molecule has 0 saturated heterocycles. The lowest BCUT2D eigenvalue weighted by atomic mass is 9.89. The van der Waals surface area contributed by atoms with Gasteiger partial charge in [0, 0.05) is 10.4 Å². The van der Waals surface area contributed by atoms with E-state index in [1.165, 1.54) is 0 Å². The van der Waals surface area contributed by atoms with Gasteiger partial charge in [-0.1, -0.05) is 26.1 Å². The second kappa shape index (κ2) is 8.13. The predicted octanol–water partition coefficient (Wildman–Crippen LogP) is 4.00. The highest BCUT2D eigenvalue weighted by atomic mass is 32.1. The van der Waals surface area contributed by atoms with Gasteiger partial charge >= 0.3 is 12.1 Å². The number of hydrogen-bond donors (Lipinski definition) is 2. The van der Waals surface area contributed by atoms with Crippen molar-refractivity contribution in [3.05, 3.63) is 28.1 Å². The van der Waals surface area contributed by atoms with Gasteiger partial charge in [0.15, 0.2) is 5.69 Å². The number of carboxylic acids is 1. The summed E-state index contributed by atoms with van der Waals surface area (Å²) in [4.78, 5) is 14.2. The number of hydrogen-bond acceptors (Lipinski definition) is 4. The average Bonchev–Trinajstić information content (AvgIpc) is 2.43. The van der Waals surface area contributed by atoms with Crippen molar-refractivity contribution in [1.29, 1.82) is 0 Å². The quantitative estimate of drug-likeness (QED) is 0.422. The van der Waals surface area contributed by atoms with E-state index in [2.05, 4.69) is 4.98 Å². The van der Waals surface area contributed by atoms with E-state index in [9.17, 15) is 31.9 Å². The van der Waals surface area contributed by atoms with E-state index < -0.39 is 41.1 Å². The number of aromatic nitrogens is 1. The van der Waals surface area contributed by atoms with Crippen LogP contribution in [0.4, 0.5) is 22.0 Å². The summed E-state index contributed by atoms with van der Waals surface area (Å²) in [5.74, 6) is -2.07. The molecule has 0 aliphatic rings. The minimum absolute atomic E-state index is 0.0732. The maximum absolute atomic E-state index is 13.4. The number of alkyl halides is 5. The summed E-state index contributed by atoms with van der Waals surface area (Å²) in [6, 6.07) is 0. The summed E-state index contributed by atoms with van der Waals surface area (Å²) in [5, 5.41) is 9.32. The van der Waals surface area contributed by atoms with Crippen LogP contribution in [0.2, 0.25) is 0 Å². The highest BCUT2D eigenvalue weighted by molar-refractivity contribution is 7.80. The van der Waals surface area contributed by atoms with E-state index in [1.807, 2.05) is 0 Å². The van der Waals surface area contributed by atoms with Crippen LogP contribution in [0, 0.1) is 5.92 Å². The molecule has 1 aromatic rings. The molecule has 0 bridgehead atoms. The van der Waals surface area contributed by atoms with E-state index in [4.69, 9.17) is 18.0 Å². The van der Waals surface area contributed by atoms with Crippen molar-refractivity contribution in [2.75, 3.05) is 6.54 Å². The van der Waals surface area contributed by atoms with Gasteiger partial charge in [0.05, 0.1) is 5.56 Å². The zero-order valence-electron chi connectivity index (χ0n) is 13.5. The Kier molecular flexibility index (Phi) is 6.95. The Labute approximate surface area is 146 Å². The molecule has 140 valence electrons. The van der Waals surface area contributed by atoms with Crippen LogP contribution in [0.15, 0.2) is 0 Å². The SMILES string of the molecule is CC(C)Cc1c(C(=O)O)c(C(F)F)nc(C(F)(F)F)c1C(=S)CCN. The molecule has 0 aromatic carbocycles. The molecule has 1 aromatic heterocycles. The van der Waals surface area contributed by atoms with Gasteiger partial charge in [0.25, 0.3) is 6.43 Å². The van der Waals surface area contributed by atoms with Gasteiger partial charge in [-0.3, -0.25) is 0 Å². The van der Waals surface area contributed by atoms with E-state index in [1.54, 1.807) is 13.8 Å². The van der Waals surface area contributed by atoms with Gasteiger partial charge in [0.1, 0.15) is 5.69 Å². The van der Waals surface area contributed by atoms with E-state index >= 15 is 0 Å². The van der Waals surface area contributed by atoms with Crippen LogP contribution in [0.5, 0.6) is 0 Å². The molecule has 0 unspecified atom stereocenters. The van der Waals surface area contributed by atoms with E-state index in [-0.39, 0.29) is 35.7 Å². The van der Waals surface area contributed by atoms with Crippen LogP contribution in [-0.4, -0.2) is 27.5 Å². The lowest BCUT2D eigenvalue weighted by molar-refractivity contribution is -0.141. The highest BCUT2D eigenvalue weighted by Gasteiger charge is 2.41. The zero-order valence-corrected chi connectivity index (χ0v) is 14.3. The van der Waals surface area contributed by atoms with Gasteiger partial charge in [-0.15, -0.1) is 0 Å². The summed E-state index contributed by atoms with van der Waals surface area (Å²) >= 11 is 4.97. The van der Waals surface area contributed by atoms with Crippen LogP contribution in [0.25, 0.3) is 0 Å². The molecule has 0 aliphatic heterocycles. The molecule has 0 spiro atoms. The van der Waals surface area contributed by atoms with Crippen molar-refractivity contribution in [3.63, 3.8) is 0 Å². The molecule has 1 heterocycles. The monoisotopic (exact) mass is 384 g/mol. The van der Waals surface area contributed by atoms with E-state index in [0.717, 1.165) is 0 Å². The van der Waals surface area contributed by atoms with Crippen LogP contribution in [-0.2, 0) is 12.6 Å². The first-order valence-electron chi connectivity index (χ1n) is 7.30. The van der Waals surface area contributed by atoms with Crippen molar-refractivity contribution in [1.82, 2.24) is 4.98 Å². The lowest BCUT2D eigenvalue weighted by Gasteiger charge is -2.22. The summed E-state index contributed by atoms with van der Waals surface area (Å²) in [7, 11) is 0. The molecule has 0 radical (unpaired) electrons. The third kappa shape index (κ3) is 4.91. The van der Waals surface area contributed by atoms with Gasteiger partial charge in [0.2, 0.25) is 0 Å². The molecule has 10 heteroatoms. The number of nitrogens with two attached hydrogens (primary N) is 1. The molecule has 0 aliphatic carbocycles. The van der Waals surface area contributed by atoms with Crippen molar-refractivity contribution in [2.24, 2.45) is 11.7 Å². The van der Waals surface area contributed by atoms with Crippen LogP contribution < -0.4 is 5.73 Å². The lowest BCUT2D eigenvalue weighted by Crippen LogP contribution is -2.25. The summed E-state index contributed by atoms with van der Waals surface area (Å²) < 4.78 is 66.6. The van der Waals surface area contributed by atoms with Crippen LogP contribution >= 0.6 is 12.2 Å². The second-order valence-corrected chi connectivity index (χ2v) is 6.23. The van der Waals surface area contributed by atoms with Gasteiger partial charge in [-0.05, 0) is 30.9 Å². The Hall–Kier alpha value is -1.68. The molecule has 4 nitrogen and oxygen atoms in total. The largest absolute Gasteiger partial charge is 0.478 e. The van der Waals surface area contributed by atoms with Crippen molar-refractivity contribution >= 4 is 23.1 Å². The first kappa shape index (κ1) is 21.4. The normalized spacial score (nSPS) is 12.1. The first-order chi connectivity index (χ1) is 11.4. The molecule has 1 rings (SSSR count). The summed E-state index contributed by atoms with van der Waals surface area (Å²) in [5.41, 5.74) is 0.402. The number of rotatable bonds is 7. The van der Waals surface area contributed by atoms with E-state index in [0.29, 0.717) is 0 Å². The minimum atomic E-state index is -5.07. The molecular formula is C15H17F5N2O2S. The average molecular weight is 384 g/mol. The standard InChI is InChI=1S/C15H17F5N2O2S/c1-6(2)5-7-9(8(25)3-4-21)12(15(18,19)20)22-11(13(16)17)10(7)14(23)24/h6,13H,3-5,21H2,1-2H3,(H,23,24). The molecule has 0 saturated carbocycles. The third-order valence-corrected chi connectivity index (χ3v) is 3.69. The number of halogens is 5. The Bertz CT molecular complexity index is 675. The maximum atomic E-state index is 13.4. The molecule has 0 fully saturated rings. The molecular weight excluding hydrogens is 367 g/mol.